The Morgan fingerprint density at radius 3 is 2.63 bits per heavy atom. The van der Waals surface area contributed by atoms with Crippen molar-refractivity contribution in [2.24, 2.45) is 0 Å². The van der Waals surface area contributed by atoms with Crippen LogP contribution < -0.4 is 4.74 Å². The molecule has 1 unspecified atom stereocenters. The first-order valence-electron chi connectivity index (χ1n) is 6.13. The zero-order chi connectivity index (χ0) is 14.0. The van der Waals surface area contributed by atoms with Crippen LogP contribution in [0.15, 0.2) is 33.2 Å². The Hall–Kier alpha value is -0.740. The highest BCUT2D eigenvalue weighted by atomic mass is 79.9. The van der Waals surface area contributed by atoms with Crippen LogP contribution in [0.5, 0.6) is 5.75 Å². The maximum Gasteiger partial charge on any atom is 0.123 e. The molecule has 0 bridgehead atoms. The van der Waals surface area contributed by atoms with Gasteiger partial charge in [0.25, 0.3) is 0 Å². The van der Waals surface area contributed by atoms with Gasteiger partial charge in [-0.05, 0) is 36.8 Å². The molecule has 2 aromatic rings. The molecule has 0 aliphatic rings. The average molecular weight is 388 g/mol. The van der Waals surface area contributed by atoms with Crippen molar-refractivity contribution in [1.29, 1.82) is 0 Å². The Balaban J connectivity index is 2.42. The zero-order valence-corrected chi connectivity index (χ0v) is 14.3. The predicted molar refractivity (Wildman–Crippen MR) is 84.3 cm³/mol. The summed E-state index contributed by atoms with van der Waals surface area (Å²) in [5.74, 6) is 2.74. The van der Waals surface area contributed by atoms with Gasteiger partial charge >= 0.3 is 0 Å². The molecule has 0 aliphatic heterocycles. The van der Waals surface area contributed by atoms with Crippen LogP contribution >= 0.6 is 31.9 Å². The topological polar surface area (TPSA) is 22.4 Å². The fourth-order valence-corrected chi connectivity index (χ4v) is 2.88. The summed E-state index contributed by atoms with van der Waals surface area (Å²) in [6, 6.07) is 8.11. The quantitative estimate of drug-likeness (QED) is 0.654. The van der Waals surface area contributed by atoms with Crippen molar-refractivity contribution in [2.75, 3.05) is 7.11 Å². The van der Waals surface area contributed by atoms with E-state index in [2.05, 4.69) is 44.8 Å². The Kier molecular flexibility index (Phi) is 4.74. The number of hydrogen-bond acceptors (Lipinski definition) is 2. The summed E-state index contributed by atoms with van der Waals surface area (Å²) in [7, 11) is 1.69. The lowest BCUT2D eigenvalue weighted by molar-refractivity contribution is 0.407. The second kappa shape index (κ2) is 6.14. The second-order valence-electron chi connectivity index (χ2n) is 4.36. The molecule has 0 saturated carbocycles. The summed E-state index contributed by atoms with van der Waals surface area (Å²) >= 11 is 7.25. The van der Waals surface area contributed by atoms with E-state index in [0.717, 1.165) is 39.3 Å². The summed E-state index contributed by atoms with van der Waals surface area (Å²) in [6.07, 6.45) is 0.897. The molecule has 0 aliphatic carbocycles. The van der Waals surface area contributed by atoms with E-state index in [9.17, 15) is 0 Å². The highest BCUT2D eigenvalue weighted by molar-refractivity contribution is 9.10. The number of benzene rings is 1. The molecular formula is C15H16Br2O2. The van der Waals surface area contributed by atoms with Gasteiger partial charge in [0, 0.05) is 16.5 Å². The third kappa shape index (κ3) is 3.06. The SMILES string of the molecule is CCc1ccc(C(Br)c2cc(Br)c(C)cc2OC)o1. The summed E-state index contributed by atoms with van der Waals surface area (Å²) in [5, 5.41) is 0. The molecule has 0 radical (unpaired) electrons. The van der Waals surface area contributed by atoms with Crippen molar-refractivity contribution in [2.45, 2.75) is 25.1 Å². The van der Waals surface area contributed by atoms with Crippen LogP contribution in [0.2, 0.25) is 0 Å². The third-order valence-electron chi connectivity index (χ3n) is 3.06. The molecule has 1 aromatic heterocycles. The highest BCUT2D eigenvalue weighted by Gasteiger charge is 2.19. The molecule has 0 saturated heterocycles. The van der Waals surface area contributed by atoms with Crippen molar-refractivity contribution >= 4 is 31.9 Å². The van der Waals surface area contributed by atoms with Crippen LogP contribution in [-0.4, -0.2) is 7.11 Å². The number of halogens is 2. The van der Waals surface area contributed by atoms with E-state index >= 15 is 0 Å². The van der Waals surface area contributed by atoms with Gasteiger partial charge in [0.15, 0.2) is 0 Å². The molecule has 0 fully saturated rings. The number of furan rings is 1. The van der Waals surface area contributed by atoms with E-state index in [1.54, 1.807) is 7.11 Å². The summed E-state index contributed by atoms with van der Waals surface area (Å²) in [6.45, 7) is 4.12. The van der Waals surface area contributed by atoms with Crippen LogP contribution in [-0.2, 0) is 6.42 Å². The van der Waals surface area contributed by atoms with Crippen LogP contribution in [0.4, 0.5) is 0 Å². The normalized spacial score (nSPS) is 12.5. The van der Waals surface area contributed by atoms with Gasteiger partial charge in [-0.15, -0.1) is 0 Å². The van der Waals surface area contributed by atoms with Crippen molar-refractivity contribution < 1.29 is 9.15 Å². The number of alkyl halides is 1. The molecule has 4 heteroatoms. The van der Waals surface area contributed by atoms with Crippen molar-refractivity contribution in [3.05, 3.63) is 51.4 Å². The van der Waals surface area contributed by atoms with Gasteiger partial charge in [-0.1, -0.05) is 38.8 Å². The van der Waals surface area contributed by atoms with Gasteiger partial charge in [0.2, 0.25) is 0 Å². The second-order valence-corrected chi connectivity index (χ2v) is 6.13. The number of methoxy groups -OCH3 is 1. The molecule has 0 amide bonds. The smallest absolute Gasteiger partial charge is 0.123 e. The molecule has 0 N–H and O–H groups in total. The number of ether oxygens (including phenoxy) is 1. The Bertz CT molecular complexity index is 576. The fraction of sp³-hybridized carbons (Fsp3) is 0.333. The lowest BCUT2D eigenvalue weighted by Gasteiger charge is -2.14. The molecule has 19 heavy (non-hydrogen) atoms. The zero-order valence-electron chi connectivity index (χ0n) is 11.2. The van der Waals surface area contributed by atoms with Gasteiger partial charge < -0.3 is 9.15 Å². The summed E-state index contributed by atoms with van der Waals surface area (Å²) in [4.78, 5) is -0.0142. The van der Waals surface area contributed by atoms with Gasteiger partial charge in [-0.25, -0.2) is 0 Å². The van der Waals surface area contributed by atoms with Gasteiger partial charge in [-0.3, -0.25) is 0 Å². The fourth-order valence-electron chi connectivity index (χ4n) is 1.92. The molecule has 1 heterocycles. The molecular weight excluding hydrogens is 372 g/mol. The van der Waals surface area contributed by atoms with Gasteiger partial charge in [0.05, 0.1) is 7.11 Å². The predicted octanol–water partition coefficient (Wildman–Crippen LogP) is 5.41. The molecule has 102 valence electrons. The third-order valence-corrected chi connectivity index (χ3v) is 4.86. The van der Waals surface area contributed by atoms with Crippen molar-refractivity contribution in [3.63, 3.8) is 0 Å². The number of aryl methyl sites for hydroxylation is 2. The van der Waals surface area contributed by atoms with E-state index in [1.165, 1.54) is 0 Å². The summed E-state index contributed by atoms with van der Waals surface area (Å²) in [5.41, 5.74) is 2.20. The Morgan fingerprint density at radius 1 is 1.32 bits per heavy atom. The van der Waals surface area contributed by atoms with E-state index < -0.39 is 0 Å². The van der Waals surface area contributed by atoms with E-state index in [0.29, 0.717) is 0 Å². The first-order chi connectivity index (χ1) is 9.06. The molecule has 2 rings (SSSR count). The van der Waals surface area contributed by atoms with Crippen LogP contribution in [0, 0.1) is 6.92 Å². The van der Waals surface area contributed by atoms with Crippen molar-refractivity contribution in [1.82, 2.24) is 0 Å². The Labute approximate surface area is 130 Å². The standard InChI is InChI=1S/C15H16Br2O2/c1-4-10-5-6-13(19-10)15(17)11-8-12(16)9(2)7-14(11)18-3/h5-8,15H,4H2,1-3H3. The largest absolute Gasteiger partial charge is 0.496 e. The minimum absolute atomic E-state index is 0.0142. The van der Waals surface area contributed by atoms with E-state index in [-0.39, 0.29) is 4.83 Å². The first-order valence-corrected chi connectivity index (χ1v) is 7.84. The van der Waals surface area contributed by atoms with E-state index in [4.69, 9.17) is 9.15 Å². The molecule has 2 nitrogen and oxygen atoms in total. The molecule has 0 spiro atoms. The minimum atomic E-state index is -0.0142. The lowest BCUT2D eigenvalue weighted by atomic mass is 10.1. The van der Waals surface area contributed by atoms with Gasteiger partial charge in [0.1, 0.15) is 22.1 Å². The first kappa shape index (κ1) is 14.7. The molecule has 1 atom stereocenters. The van der Waals surface area contributed by atoms with Crippen LogP contribution in [0.3, 0.4) is 0 Å². The van der Waals surface area contributed by atoms with Crippen LogP contribution in [0.1, 0.15) is 34.4 Å². The molecule has 1 aromatic carbocycles. The number of rotatable bonds is 4. The van der Waals surface area contributed by atoms with Gasteiger partial charge in [-0.2, -0.15) is 0 Å². The maximum absolute atomic E-state index is 5.80. The maximum atomic E-state index is 5.80. The Morgan fingerprint density at radius 2 is 2.05 bits per heavy atom. The number of hydrogen-bond donors (Lipinski definition) is 0. The van der Waals surface area contributed by atoms with E-state index in [1.807, 2.05) is 25.1 Å². The lowest BCUT2D eigenvalue weighted by Crippen LogP contribution is -1.97. The monoisotopic (exact) mass is 386 g/mol. The average Bonchev–Trinajstić information content (AvgIpc) is 2.89. The highest BCUT2D eigenvalue weighted by Crippen LogP contribution is 2.39. The summed E-state index contributed by atoms with van der Waals surface area (Å²) < 4.78 is 12.3. The van der Waals surface area contributed by atoms with Crippen molar-refractivity contribution in [3.8, 4) is 5.75 Å². The van der Waals surface area contributed by atoms with Crippen LogP contribution in [0.25, 0.3) is 0 Å². The minimum Gasteiger partial charge on any atom is -0.496 e.